The standard InChI is InChI=1S/C21H13ClF2N2O2S2/c22-17-11-14(5-10-18(17)24)21-26-19(12-1-6-15(23)7-2-12)20(29-21)13-3-8-16(9-4-13)30(25,27)28/h1-11H,(H2,25,27,28). The molecule has 1 heterocycles. The second kappa shape index (κ2) is 7.88. The first-order chi connectivity index (χ1) is 14.2. The molecule has 2 N–H and O–H groups in total. The van der Waals surface area contributed by atoms with Crippen molar-refractivity contribution >= 4 is 33.0 Å². The maximum absolute atomic E-state index is 13.6. The molecular formula is C21H13ClF2N2O2S2. The summed E-state index contributed by atoms with van der Waals surface area (Å²) in [4.78, 5) is 5.40. The number of hydrogen-bond acceptors (Lipinski definition) is 4. The van der Waals surface area contributed by atoms with E-state index in [2.05, 4.69) is 4.98 Å². The molecule has 0 fully saturated rings. The Morgan fingerprint density at radius 2 is 1.47 bits per heavy atom. The van der Waals surface area contributed by atoms with E-state index in [4.69, 9.17) is 16.7 Å². The summed E-state index contributed by atoms with van der Waals surface area (Å²) in [6.45, 7) is 0. The molecule has 9 heteroatoms. The van der Waals surface area contributed by atoms with Crippen LogP contribution in [0.2, 0.25) is 5.02 Å². The van der Waals surface area contributed by atoms with E-state index < -0.39 is 15.8 Å². The summed E-state index contributed by atoms with van der Waals surface area (Å²) < 4.78 is 50.0. The van der Waals surface area contributed by atoms with Crippen LogP contribution in [0.1, 0.15) is 0 Å². The third-order valence-electron chi connectivity index (χ3n) is 4.36. The predicted octanol–water partition coefficient (Wildman–Crippen LogP) is 5.72. The normalized spacial score (nSPS) is 11.6. The summed E-state index contributed by atoms with van der Waals surface area (Å²) in [6, 6.07) is 16.3. The van der Waals surface area contributed by atoms with Gasteiger partial charge in [0.15, 0.2) is 0 Å². The second-order valence-electron chi connectivity index (χ2n) is 6.40. The molecule has 0 amide bonds. The molecule has 4 aromatic rings. The lowest BCUT2D eigenvalue weighted by Gasteiger charge is -2.04. The molecule has 0 aliphatic carbocycles. The quantitative estimate of drug-likeness (QED) is 0.421. The smallest absolute Gasteiger partial charge is 0.235 e. The molecule has 30 heavy (non-hydrogen) atoms. The van der Waals surface area contributed by atoms with E-state index in [1.807, 2.05) is 0 Å². The van der Waals surface area contributed by atoms with E-state index >= 15 is 0 Å². The van der Waals surface area contributed by atoms with E-state index in [9.17, 15) is 17.2 Å². The zero-order chi connectivity index (χ0) is 21.5. The Kier molecular flexibility index (Phi) is 5.42. The fraction of sp³-hybridized carbons (Fsp3) is 0. The van der Waals surface area contributed by atoms with Crippen LogP contribution < -0.4 is 5.14 Å². The molecule has 0 aliphatic heterocycles. The number of primary sulfonamides is 1. The van der Waals surface area contributed by atoms with Gasteiger partial charge in [0.05, 0.1) is 20.5 Å². The highest BCUT2D eigenvalue weighted by atomic mass is 35.5. The average Bonchev–Trinajstić information content (AvgIpc) is 3.15. The lowest BCUT2D eigenvalue weighted by atomic mass is 10.1. The van der Waals surface area contributed by atoms with Gasteiger partial charge < -0.3 is 0 Å². The molecular weight excluding hydrogens is 450 g/mol. The Labute approximate surface area is 180 Å². The maximum atomic E-state index is 13.6. The van der Waals surface area contributed by atoms with Crippen molar-refractivity contribution in [2.45, 2.75) is 4.90 Å². The summed E-state index contributed by atoms with van der Waals surface area (Å²) in [5.41, 5.74) is 2.59. The highest BCUT2D eigenvalue weighted by Crippen LogP contribution is 2.41. The number of thiazole rings is 1. The number of rotatable bonds is 4. The number of nitrogens with zero attached hydrogens (tertiary/aromatic N) is 1. The molecule has 0 bridgehead atoms. The maximum Gasteiger partial charge on any atom is 0.238 e. The van der Waals surface area contributed by atoms with Crippen LogP contribution in [0.15, 0.2) is 71.6 Å². The fourth-order valence-electron chi connectivity index (χ4n) is 2.87. The summed E-state index contributed by atoms with van der Waals surface area (Å²) in [5, 5.41) is 5.73. The van der Waals surface area contributed by atoms with Crippen LogP contribution in [0.4, 0.5) is 8.78 Å². The Balaban J connectivity index is 1.88. The number of nitrogens with two attached hydrogens (primary N) is 1. The van der Waals surface area contributed by atoms with E-state index in [0.29, 0.717) is 27.4 Å². The Morgan fingerprint density at radius 1 is 0.867 bits per heavy atom. The molecule has 0 aliphatic rings. The van der Waals surface area contributed by atoms with E-state index in [1.54, 1.807) is 30.3 Å². The minimum Gasteiger partial charge on any atom is -0.235 e. The Morgan fingerprint density at radius 3 is 2.07 bits per heavy atom. The summed E-state index contributed by atoms with van der Waals surface area (Å²) in [5.74, 6) is -0.909. The van der Waals surface area contributed by atoms with Crippen molar-refractivity contribution in [2.75, 3.05) is 0 Å². The van der Waals surface area contributed by atoms with Gasteiger partial charge in [-0.15, -0.1) is 11.3 Å². The lowest BCUT2D eigenvalue weighted by molar-refractivity contribution is 0.598. The molecule has 3 aromatic carbocycles. The van der Waals surface area contributed by atoms with Crippen molar-refractivity contribution in [3.8, 4) is 32.3 Å². The number of benzene rings is 3. The van der Waals surface area contributed by atoms with Gasteiger partial charge in [-0.25, -0.2) is 27.3 Å². The summed E-state index contributed by atoms with van der Waals surface area (Å²) >= 11 is 7.24. The predicted molar refractivity (Wildman–Crippen MR) is 115 cm³/mol. The van der Waals surface area contributed by atoms with Crippen LogP contribution in [0.5, 0.6) is 0 Å². The molecule has 4 nitrogen and oxygen atoms in total. The minimum atomic E-state index is -3.82. The van der Waals surface area contributed by atoms with Gasteiger partial charge in [0.2, 0.25) is 10.0 Å². The SMILES string of the molecule is NS(=O)(=O)c1ccc(-c2sc(-c3ccc(F)c(Cl)c3)nc2-c2ccc(F)cc2)cc1. The zero-order valence-corrected chi connectivity index (χ0v) is 17.5. The Bertz CT molecular complexity index is 1340. The van der Waals surface area contributed by atoms with E-state index in [-0.39, 0.29) is 15.7 Å². The van der Waals surface area contributed by atoms with Crippen LogP contribution in [0.25, 0.3) is 32.3 Å². The third kappa shape index (κ3) is 4.13. The molecule has 152 valence electrons. The van der Waals surface area contributed by atoms with Crippen molar-refractivity contribution in [1.29, 1.82) is 0 Å². The number of sulfonamides is 1. The molecule has 4 rings (SSSR count). The molecule has 0 radical (unpaired) electrons. The molecule has 0 saturated heterocycles. The van der Waals surface area contributed by atoms with Gasteiger partial charge in [0, 0.05) is 11.1 Å². The van der Waals surface area contributed by atoms with Crippen molar-refractivity contribution in [1.82, 2.24) is 4.98 Å². The van der Waals surface area contributed by atoms with Crippen LogP contribution in [0.3, 0.4) is 0 Å². The van der Waals surface area contributed by atoms with E-state index in [0.717, 1.165) is 4.88 Å². The van der Waals surface area contributed by atoms with Crippen LogP contribution in [-0.2, 0) is 10.0 Å². The monoisotopic (exact) mass is 462 g/mol. The van der Waals surface area contributed by atoms with Gasteiger partial charge in [-0.05, 0) is 60.2 Å². The fourth-order valence-corrected chi connectivity index (χ4v) is 4.65. The van der Waals surface area contributed by atoms with Crippen molar-refractivity contribution < 1.29 is 17.2 Å². The highest BCUT2D eigenvalue weighted by molar-refractivity contribution is 7.89. The first-order valence-electron chi connectivity index (χ1n) is 8.58. The van der Waals surface area contributed by atoms with Gasteiger partial charge in [-0.3, -0.25) is 0 Å². The molecule has 0 spiro atoms. The molecule has 1 aromatic heterocycles. The minimum absolute atomic E-state index is 0.00960. The largest absolute Gasteiger partial charge is 0.238 e. The Hall–Kier alpha value is -2.65. The van der Waals surface area contributed by atoms with Crippen molar-refractivity contribution in [3.05, 3.63) is 83.4 Å². The first-order valence-corrected chi connectivity index (χ1v) is 11.3. The lowest BCUT2D eigenvalue weighted by Crippen LogP contribution is -2.11. The van der Waals surface area contributed by atoms with E-state index in [1.165, 1.54) is 47.7 Å². The average molecular weight is 463 g/mol. The highest BCUT2D eigenvalue weighted by Gasteiger charge is 2.18. The van der Waals surface area contributed by atoms with Crippen LogP contribution >= 0.6 is 22.9 Å². The van der Waals surface area contributed by atoms with Gasteiger partial charge in [-0.2, -0.15) is 0 Å². The van der Waals surface area contributed by atoms with Gasteiger partial charge >= 0.3 is 0 Å². The van der Waals surface area contributed by atoms with Gasteiger partial charge in [0.25, 0.3) is 0 Å². The van der Waals surface area contributed by atoms with Crippen molar-refractivity contribution in [3.63, 3.8) is 0 Å². The topological polar surface area (TPSA) is 73.1 Å². The summed E-state index contributed by atoms with van der Waals surface area (Å²) in [6.07, 6.45) is 0. The first kappa shape index (κ1) is 20.6. The number of halogens is 3. The number of hydrogen-bond donors (Lipinski definition) is 1. The van der Waals surface area contributed by atoms with Crippen molar-refractivity contribution in [2.24, 2.45) is 5.14 Å². The second-order valence-corrected chi connectivity index (χ2v) is 9.37. The summed E-state index contributed by atoms with van der Waals surface area (Å²) in [7, 11) is -3.82. The number of aromatic nitrogens is 1. The molecule has 0 saturated carbocycles. The van der Waals surface area contributed by atoms with Gasteiger partial charge in [0.1, 0.15) is 16.6 Å². The van der Waals surface area contributed by atoms with Crippen LogP contribution in [-0.4, -0.2) is 13.4 Å². The molecule has 0 unspecified atom stereocenters. The van der Waals surface area contributed by atoms with Gasteiger partial charge in [-0.1, -0.05) is 23.7 Å². The molecule has 0 atom stereocenters. The third-order valence-corrected chi connectivity index (χ3v) is 6.73. The van der Waals surface area contributed by atoms with Crippen LogP contribution in [0, 0.1) is 11.6 Å². The zero-order valence-electron chi connectivity index (χ0n) is 15.1.